The van der Waals surface area contributed by atoms with Crippen molar-refractivity contribution in [1.82, 2.24) is 4.72 Å². The van der Waals surface area contributed by atoms with Gasteiger partial charge in [-0.15, -0.1) is 0 Å². The summed E-state index contributed by atoms with van der Waals surface area (Å²) in [5.41, 5.74) is 0.112. The summed E-state index contributed by atoms with van der Waals surface area (Å²) in [6.45, 7) is 0. The molecule has 0 bridgehead atoms. The molecule has 0 radical (unpaired) electrons. The van der Waals surface area contributed by atoms with Crippen LogP contribution in [0.4, 0.5) is 5.69 Å². The normalized spacial score (nSPS) is 12.4. The highest BCUT2D eigenvalue weighted by Crippen LogP contribution is 2.14. The molecule has 0 amide bonds. The number of sulfonamides is 1. The fraction of sp³-hybridized carbons (Fsp3) is 0.143. The van der Waals surface area contributed by atoms with E-state index in [1.54, 1.807) is 0 Å². The molecule has 0 aliphatic heterocycles. The van der Waals surface area contributed by atoms with Crippen LogP contribution in [0, 0.1) is 0 Å². The van der Waals surface area contributed by atoms with E-state index in [9.17, 15) is 16.8 Å². The van der Waals surface area contributed by atoms with Crippen LogP contribution in [-0.2, 0) is 20.2 Å². The summed E-state index contributed by atoms with van der Waals surface area (Å²) in [6, 6.07) is 5.19. The second-order valence-corrected chi connectivity index (χ2v) is 6.06. The van der Waals surface area contributed by atoms with Crippen LogP contribution in [0.3, 0.4) is 0 Å². The Balaban J connectivity index is 3.11. The molecule has 1 rings (SSSR count). The highest BCUT2D eigenvalue weighted by molar-refractivity contribution is 7.90. The molecule has 16 heavy (non-hydrogen) atoms. The zero-order chi connectivity index (χ0) is 12.4. The molecule has 4 N–H and O–H groups in total. The summed E-state index contributed by atoms with van der Waals surface area (Å²) < 4.78 is 48.4. The first-order chi connectivity index (χ1) is 7.24. The van der Waals surface area contributed by atoms with Gasteiger partial charge in [0.05, 0.1) is 10.6 Å². The third-order valence-electron chi connectivity index (χ3n) is 1.68. The van der Waals surface area contributed by atoms with Crippen molar-refractivity contribution in [2.45, 2.75) is 4.90 Å². The maximum Gasteiger partial charge on any atom is 0.298 e. The Morgan fingerprint density at radius 2 is 1.81 bits per heavy atom. The maximum absolute atomic E-state index is 11.1. The molecule has 1 aromatic rings. The third kappa shape index (κ3) is 3.45. The number of primary sulfonamides is 1. The molecule has 90 valence electrons. The van der Waals surface area contributed by atoms with Crippen molar-refractivity contribution < 1.29 is 16.8 Å². The fourth-order valence-corrected chi connectivity index (χ4v) is 2.04. The lowest BCUT2D eigenvalue weighted by Gasteiger charge is -2.07. The number of rotatable bonds is 4. The van der Waals surface area contributed by atoms with Crippen molar-refractivity contribution in [3.05, 3.63) is 24.3 Å². The van der Waals surface area contributed by atoms with Crippen molar-refractivity contribution in [2.75, 3.05) is 11.8 Å². The fourth-order valence-electron chi connectivity index (χ4n) is 0.943. The van der Waals surface area contributed by atoms with Crippen molar-refractivity contribution in [3.8, 4) is 0 Å². The number of anilines is 1. The van der Waals surface area contributed by atoms with Crippen LogP contribution in [0.1, 0.15) is 0 Å². The quantitative estimate of drug-likeness (QED) is 0.661. The standard InChI is InChI=1S/C7H11N3O4S2/c1-9-16(13,14)10-6-3-2-4-7(5-6)15(8,11)12/h2-5,9-10H,1H3,(H2,8,11,12). The summed E-state index contributed by atoms with van der Waals surface area (Å²) in [5, 5.41) is 4.90. The van der Waals surface area contributed by atoms with Crippen LogP contribution in [0.15, 0.2) is 29.2 Å². The minimum absolute atomic E-state index is 0.112. The first-order valence-electron chi connectivity index (χ1n) is 4.09. The Labute approximate surface area is 93.9 Å². The predicted molar refractivity (Wildman–Crippen MR) is 59.4 cm³/mol. The molecule has 0 unspecified atom stereocenters. The Morgan fingerprint density at radius 3 is 2.31 bits per heavy atom. The van der Waals surface area contributed by atoms with Gasteiger partial charge in [-0.1, -0.05) is 6.07 Å². The summed E-state index contributed by atoms with van der Waals surface area (Å²) in [4.78, 5) is -0.163. The van der Waals surface area contributed by atoms with Crippen molar-refractivity contribution in [2.24, 2.45) is 5.14 Å². The highest BCUT2D eigenvalue weighted by Gasteiger charge is 2.10. The second-order valence-electron chi connectivity index (χ2n) is 2.88. The molecule has 1 aromatic carbocycles. The lowest BCUT2D eigenvalue weighted by molar-refractivity contribution is 0.592. The second kappa shape index (κ2) is 4.37. The van der Waals surface area contributed by atoms with Crippen LogP contribution in [-0.4, -0.2) is 23.9 Å². The molecule has 0 aliphatic rings. The van der Waals surface area contributed by atoms with Crippen LogP contribution < -0.4 is 14.6 Å². The summed E-state index contributed by atoms with van der Waals surface area (Å²) in [5.74, 6) is 0. The van der Waals surface area contributed by atoms with E-state index in [-0.39, 0.29) is 10.6 Å². The Kier molecular flexibility index (Phi) is 3.53. The Bertz CT molecular complexity index is 579. The van der Waals surface area contributed by atoms with E-state index in [1.165, 1.54) is 25.2 Å². The molecule has 0 saturated carbocycles. The van der Waals surface area contributed by atoms with E-state index in [0.717, 1.165) is 6.07 Å². The van der Waals surface area contributed by atoms with Crippen molar-refractivity contribution >= 4 is 25.9 Å². The van der Waals surface area contributed by atoms with Gasteiger partial charge in [-0.3, -0.25) is 4.72 Å². The van der Waals surface area contributed by atoms with Gasteiger partial charge in [0, 0.05) is 7.05 Å². The smallest absolute Gasteiger partial charge is 0.271 e. The van der Waals surface area contributed by atoms with Gasteiger partial charge < -0.3 is 0 Å². The van der Waals surface area contributed by atoms with Gasteiger partial charge in [0.25, 0.3) is 10.2 Å². The monoisotopic (exact) mass is 265 g/mol. The maximum atomic E-state index is 11.1. The Morgan fingerprint density at radius 1 is 1.19 bits per heavy atom. The SMILES string of the molecule is CNS(=O)(=O)Nc1cccc(S(N)(=O)=O)c1. The molecule has 0 atom stereocenters. The number of hydrogen-bond donors (Lipinski definition) is 3. The zero-order valence-electron chi connectivity index (χ0n) is 8.34. The molecule has 0 aliphatic carbocycles. The van der Waals surface area contributed by atoms with Gasteiger partial charge in [-0.2, -0.15) is 8.42 Å². The van der Waals surface area contributed by atoms with E-state index in [2.05, 4.69) is 4.72 Å². The van der Waals surface area contributed by atoms with Gasteiger partial charge in [-0.25, -0.2) is 18.3 Å². The van der Waals surface area contributed by atoms with E-state index in [4.69, 9.17) is 5.14 Å². The minimum atomic E-state index is -3.84. The van der Waals surface area contributed by atoms with Crippen molar-refractivity contribution in [3.63, 3.8) is 0 Å². The highest BCUT2D eigenvalue weighted by atomic mass is 32.2. The third-order valence-corrected chi connectivity index (χ3v) is 3.64. The van der Waals surface area contributed by atoms with Crippen LogP contribution >= 0.6 is 0 Å². The van der Waals surface area contributed by atoms with Gasteiger partial charge in [0.1, 0.15) is 0 Å². The number of nitrogens with one attached hydrogen (secondary N) is 2. The average Bonchev–Trinajstić information content (AvgIpc) is 2.16. The van der Waals surface area contributed by atoms with Gasteiger partial charge in [0.15, 0.2) is 0 Å². The van der Waals surface area contributed by atoms with Gasteiger partial charge in [0.2, 0.25) is 10.0 Å². The van der Waals surface area contributed by atoms with Gasteiger partial charge in [-0.05, 0) is 18.2 Å². The lowest BCUT2D eigenvalue weighted by Crippen LogP contribution is -2.26. The topological polar surface area (TPSA) is 118 Å². The zero-order valence-corrected chi connectivity index (χ0v) is 9.97. The summed E-state index contributed by atoms with van der Waals surface area (Å²) in [6.07, 6.45) is 0. The Hall–Kier alpha value is -1.16. The van der Waals surface area contributed by atoms with Crippen molar-refractivity contribution in [1.29, 1.82) is 0 Å². The van der Waals surface area contributed by atoms with E-state index >= 15 is 0 Å². The predicted octanol–water partition coefficient (Wildman–Crippen LogP) is -0.790. The molecule has 0 saturated heterocycles. The molecule has 0 heterocycles. The van der Waals surface area contributed by atoms with Gasteiger partial charge >= 0.3 is 0 Å². The first kappa shape index (κ1) is 12.9. The molecule has 9 heteroatoms. The molecular formula is C7H11N3O4S2. The van der Waals surface area contributed by atoms with Crippen LogP contribution in [0.5, 0.6) is 0 Å². The number of nitrogens with two attached hydrogens (primary N) is 1. The summed E-state index contributed by atoms with van der Waals surface area (Å²) >= 11 is 0. The molecule has 0 fully saturated rings. The molecule has 7 nitrogen and oxygen atoms in total. The lowest BCUT2D eigenvalue weighted by atomic mass is 10.3. The largest absolute Gasteiger partial charge is 0.298 e. The molecule has 0 spiro atoms. The average molecular weight is 265 g/mol. The molecule has 0 aromatic heterocycles. The van der Waals surface area contributed by atoms with E-state index in [1.807, 2.05) is 4.72 Å². The van der Waals surface area contributed by atoms with Crippen LogP contribution in [0.2, 0.25) is 0 Å². The minimum Gasteiger partial charge on any atom is -0.271 e. The number of benzene rings is 1. The van der Waals surface area contributed by atoms with E-state index in [0.29, 0.717) is 0 Å². The van der Waals surface area contributed by atoms with E-state index < -0.39 is 20.2 Å². The summed E-state index contributed by atoms with van der Waals surface area (Å²) in [7, 11) is -6.29. The first-order valence-corrected chi connectivity index (χ1v) is 7.12. The van der Waals surface area contributed by atoms with Crippen LogP contribution in [0.25, 0.3) is 0 Å². The number of hydrogen-bond acceptors (Lipinski definition) is 4. The molecular weight excluding hydrogens is 254 g/mol.